The Labute approximate surface area is 126 Å². The van der Waals surface area contributed by atoms with Crippen LogP contribution in [0.1, 0.15) is 21.6 Å². The molecule has 0 aliphatic rings. The molecule has 2 rings (SSSR count). The van der Waals surface area contributed by atoms with E-state index in [0.29, 0.717) is 21.2 Å². The minimum atomic E-state index is -0.341. The summed E-state index contributed by atoms with van der Waals surface area (Å²) in [5.41, 5.74) is 4.31. The SMILES string of the molecule is Cc1ccc(C(=O)NN=Cc2cccc(Cl)c2Cl)cn1. The van der Waals surface area contributed by atoms with E-state index in [1.807, 2.05) is 6.92 Å². The average Bonchev–Trinajstić information content (AvgIpc) is 2.44. The van der Waals surface area contributed by atoms with Crippen molar-refractivity contribution in [1.82, 2.24) is 10.4 Å². The Hall–Kier alpha value is -1.91. The van der Waals surface area contributed by atoms with E-state index in [2.05, 4.69) is 15.5 Å². The summed E-state index contributed by atoms with van der Waals surface area (Å²) in [6.07, 6.45) is 2.93. The molecule has 20 heavy (non-hydrogen) atoms. The standard InChI is InChI=1S/C14H11Cl2N3O/c1-9-5-6-11(7-17-9)14(20)19-18-8-10-3-2-4-12(15)13(10)16/h2-8H,1H3,(H,19,20). The number of nitrogens with one attached hydrogen (secondary N) is 1. The van der Waals surface area contributed by atoms with E-state index in [1.54, 1.807) is 30.3 Å². The Balaban J connectivity index is 2.04. The van der Waals surface area contributed by atoms with Crippen molar-refractivity contribution in [3.05, 3.63) is 63.4 Å². The fourth-order valence-corrected chi connectivity index (χ4v) is 1.80. The van der Waals surface area contributed by atoms with Crippen LogP contribution in [-0.2, 0) is 0 Å². The lowest BCUT2D eigenvalue weighted by Crippen LogP contribution is -2.17. The zero-order valence-corrected chi connectivity index (χ0v) is 12.1. The van der Waals surface area contributed by atoms with Crippen LogP contribution in [0.5, 0.6) is 0 Å². The minimum absolute atomic E-state index is 0.341. The largest absolute Gasteiger partial charge is 0.272 e. The van der Waals surface area contributed by atoms with Crippen molar-refractivity contribution in [1.29, 1.82) is 0 Å². The molecule has 0 unspecified atom stereocenters. The van der Waals surface area contributed by atoms with Crippen molar-refractivity contribution in [3.8, 4) is 0 Å². The average molecular weight is 308 g/mol. The number of benzene rings is 1. The number of nitrogens with zero attached hydrogens (tertiary/aromatic N) is 2. The molecule has 0 saturated heterocycles. The third-order valence-electron chi connectivity index (χ3n) is 2.52. The lowest BCUT2D eigenvalue weighted by molar-refractivity contribution is 0.0955. The third kappa shape index (κ3) is 3.56. The van der Waals surface area contributed by atoms with Crippen LogP contribution in [0.4, 0.5) is 0 Å². The molecule has 6 heteroatoms. The molecule has 4 nitrogen and oxygen atoms in total. The van der Waals surface area contributed by atoms with E-state index >= 15 is 0 Å². The van der Waals surface area contributed by atoms with Crippen molar-refractivity contribution < 1.29 is 4.79 Å². The van der Waals surface area contributed by atoms with Crippen molar-refractivity contribution in [2.45, 2.75) is 6.92 Å². The van der Waals surface area contributed by atoms with Gasteiger partial charge in [0, 0.05) is 17.5 Å². The lowest BCUT2D eigenvalue weighted by Gasteiger charge is -2.01. The molecule has 0 aliphatic carbocycles. The second kappa shape index (κ2) is 6.50. The summed E-state index contributed by atoms with van der Waals surface area (Å²) in [5, 5.41) is 4.67. The van der Waals surface area contributed by atoms with Gasteiger partial charge in [-0.1, -0.05) is 35.3 Å². The molecule has 102 valence electrons. The number of hydrogen-bond acceptors (Lipinski definition) is 3. The van der Waals surface area contributed by atoms with E-state index in [4.69, 9.17) is 23.2 Å². The Kier molecular flexibility index (Phi) is 4.71. The number of pyridine rings is 1. The van der Waals surface area contributed by atoms with Gasteiger partial charge in [-0.05, 0) is 25.1 Å². The first-order valence-electron chi connectivity index (χ1n) is 5.78. The third-order valence-corrected chi connectivity index (χ3v) is 3.36. The van der Waals surface area contributed by atoms with E-state index < -0.39 is 0 Å². The van der Waals surface area contributed by atoms with Gasteiger partial charge in [-0.2, -0.15) is 5.10 Å². The van der Waals surface area contributed by atoms with Gasteiger partial charge in [-0.3, -0.25) is 9.78 Å². The smallest absolute Gasteiger partial charge is 0.267 e. The minimum Gasteiger partial charge on any atom is -0.267 e. The first kappa shape index (κ1) is 14.5. The molecule has 0 atom stereocenters. The number of rotatable bonds is 3. The van der Waals surface area contributed by atoms with Crippen LogP contribution in [0.25, 0.3) is 0 Å². The topological polar surface area (TPSA) is 54.4 Å². The van der Waals surface area contributed by atoms with Crippen LogP contribution < -0.4 is 5.43 Å². The lowest BCUT2D eigenvalue weighted by atomic mass is 10.2. The van der Waals surface area contributed by atoms with Crippen molar-refractivity contribution >= 4 is 35.3 Å². The molecular weight excluding hydrogens is 297 g/mol. The Bertz CT molecular complexity index is 654. The Morgan fingerprint density at radius 3 is 2.80 bits per heavy atom. The van der Waals surface area contributed by atoms with Crippen LogP contribution in [0, 0.1) is 6.92 Å². The molecule has 1 amide bonds. The zero-order chi connectivity index (χ0) is 14.5. The molecule has 0 spiro atoms. The van der Waals surface area contributed by atoms with Gasteiger partial charge in [0.1, 0.15) is 0 Å². The van der Waals surface area contributed by atoms with Gasteiger partial charge in [-0.25, -0.2) is 5.43 Å². The highest BCUT2D eigenvalue weighted by Crippen LogP contribution is 2.24. The van der Waals surface area contributed by atoms with Gasteiger partial charge in [0.05, 0.1) is 21.8 Å². The Morgan fingerprint density at radius 2 is 2.10 bits per heavy atom. The molecule has 0 saturated carbocycles. The van der Waals surface area contributed by atoms with E-state index in [0.717, 1.165) is 5.69 Å². The fourth-order valence-electron chi connectivity index (χ4n) is 1.45. The summed E-state index contributed by atoms with van der Waals surface area (Å²) in [7, 11) is 0. The maximum atomic E-state index is 11.8. The molecule has 1 N–H and O–H groups in total. The predicted octanol–water partition coefficient (Wildman–Crippen LogP) is 3.46. The van der Waals surface area contributed by atoms with Gasteiger partial charge in [0.15, 0.2) is 0 Å². The van der Waals surface area contributed by atoms with Gasteiger partial charge in [-0.15, -0.1) is 0 Å². The van der Waals surface area contributed by atoms with Gasteiger partial charge < -0.3 is 0 Å². The highest BCUT2D eigenvalue weighted by Gasteiger charge is 2.04. The summed E-state index contributed by atoms with van der Waals surface area (Å²) >= 11 is 11.9. The monoisotopic (exact) mass is 307 g/mol. The van der Waals surface area contributed by atoms with Gasteiger partial charge in [0.25, 0.3) is 5.91 Å². The van der Waals surface area contributed by atoms with E-state index in [9.17, 15) is 4.79 Å². The maximum absolute atomic E-state index is 11.8. The van der Waals surface area contributed by atoms with Gasteiger partial charge >= 0.3 is 0 Å². The molecule has 0 radical (unpaired) electrons. The van der Waals surface area contributed by atoms with Gasteiger partial charge in [0.2, 0.25) is 0 Å². The van der Waals surface area contributed by atoms with Crippen LogP contribution in [0.15, 0.2) is 41.6 Å². The van der Waals surface area contributed by atoms with Crippen LogP contribution in [-0.4, -0.2) is 17.1 Å². The molecule has 1 heterocycles. The van der Waals surface area contributed by atoms with Crippen molar-refractivity contribution in [2.24, 2.45) is 5.10 Å². The summed E-state index contributed by atoms with van der Waals surface area (Å²) < 4.78 is 0. The normalized spacial score (nSPS) is 10.8. The number of hydrazone groups is 1. The molecule has 1 aromatic heterocycles. The molecule has 1 aromatic carbocycles. The van der Waals surface area contributed by atoms with Crippen LogP contribution in [0.2, 0.25) is 10.0 Å². The summed E-state index contributed by atoms with van der Waals surface area (Å²) in [6, 6.07) is 8.61. The number of carbonyl (C=O) groups is 1. The number of amides is 1. The predicted molar refractivity (Wildman–Crippen MR) is 80.5 cm³/mol. The molecular formula is C14H11Cl2N3O. The zero-order valence-electron chi connectivity index (χ0n) is 10.6. The fraction of sp³-hybridized carbons (Fsp3) is 0.0714. The van der Waals surface area contributed by atoms with Crippen LogP contribution >= 0.6 is 23.2 Å². The number of carbonyl (C=O) groups excluding carboxylic acids is 1. The number of aromatic nitrogens is 1. The number of halogens is 2. The highest BCUT2D eigenvalue weighted by molar-refractivity contribution is 6.43. The molecule has 0 aliphatic heterocycles. The van der Waals surface area contributed by atoms with Crippen molar-refractivity contribution in [3.63, 3.8) is 0 Å². The van der Waals surface area contributed by atoms with Crippen molar-refractivity contribution in [2.75, 3.05) is 0 Å². The molecule has 0 bridgehead atoms. The summed E-state index contributed by atoms with van der Waals surface area (Å²) in [5.74, 6) is -0.341. The first-order valence-corrected chi connectivity index (χ1v) is 6.53. The van der Waals surface area contributed by atoms with E-state index in [-0.39, 0.29) is 5.91 Å². The second-order valence-electron chi connectivity index (χ2n) is 4.03. The Morgan fingerprint density at radius 1 is 1.30 bits per heavy atom. The summed E-state index contributed by atoms with van der Waals surface area (Å²) in [4.78, 5) is 15.8. The second-order valence-corrected chi connectivity index (χ2v) is 4.82. The molecule has 2 aromatic rings. The summed E-state index contributed by atoms with van der Waals surface area (Å²) in [6.45, 7) is 1.85. The highest BCUT2D eigenvalue weighted by atomic mass is 35.5. The molecule has 0 fully saturated rings. The number of aryl methyl sites for hydroxylation is 1. The quantitative estimate of drug-likeness (QED) is 0.697. The van der Waals surface area contributed by atoms with E-state index in [1.165, 1.54) is 12.4 Å². The maximum Gasteiger partial charge on any atom is 0.272 e. The first-order chi connectivity index (χ1) is 9.58. The van der Waals surface area contributed by atoms with Crippen LogP contribution in [0.3, 0.4) is 0 Å². The number of hydrogen-bond donors (Lipinski definition) is 1.